The minimum absolute atomic E-state index is 0.0532. The minimum Gasteiger partial charge on any atom is -0.542 e. The second kappa shape index (κ2) is 12.1. The summed E-state index contributed by atoms with van der Waals surface area (Å²) in [5, 5.41) is 10.2. The third-order valence-corrected chi connectivity index (χ3v) is 10.3. The number of carbonyl (C=O) groups is 1. The molecule has 4 saturated carbocycles. The monoisotopic (exact) mass is 573 g/mol. The molecule has 0 aromatic heterocycles. The minimum atomic E-state index is -0.967. The predicted octanol–water partition coefficient (Wildman–Crippen LogP) is 8.27. The van der Waals surface area contributed by atoms with E-state index in [0.29, 0.717) is 12.2 Å². The summed E-state index contributed by atoms with van der Waals surface area (Å²) >= 11 is 0. The first-order valence-corrected chi connectivity index (χ1v) is 18.2. The summed E-state index contributed by atoms with van der Waals surface area (Å²) in [4.78, 5) is 12.3. The summed E-state index contributed by atoms with van der Waals surface area (Å²) in [7, 11) is -0.967. The smallest absolute Gasteiger partial charge is 0.338 e. The van der Waals surface area contributed by atoms with Gasteiger partial charge in [0.05, 0.1) is 18.8 Å². The molecule has 6 rings (SSSR count). The highest BCUT2D eigenvalue weighted by Crippen LogP contribution is 2.63. The number of aliphatic hydroxyl groups is 1. The van der Waals surface area contributed by atoms with Crippen molar-refractivity contribution in [3.05, 3.63) is 70.3 Å². The Labute approximate surface area is 249 Å². The highest BCUT2D eigenvalue weighted by atomic mass is 28.3. The highest BCUT2D eigenvalue weighted by Gasteiger charge is 2.54. The Hall–Kier alpha value is -2.37. The number of hydrogen-bond donors (Lipinski definition) is 1. The summed E-state index contributed by atoms with van der Waals surface area (Å²) in [6, 6.07) is 12.1. The Morgan fingerprint density at radius 1 is 1.02 bits per heavy atom. The molecule has 2 aromatic rings. The van der Waals surface area contributed by atoms with Crippen LogP contribution in [0, 0.1) is 17.8 Å². The third kappa shape index (κ3) is 6.36. The molecule has 0 saturated heterocycles. The first-order chi connectivity index (χ1) is 19.5. The fraction of sp³-hybridized carbons (Fsp3) is 0.583. The van der Waals surface area contributed by atoms with Crippen LogP contribution in [0.2, 0.25) is 13.1 Å². The fourth-order valence-electron chi connectivity index (χ4n) is 8.45. The number of aryl methyl sites for hydroxylation is 1. The Kier molecular flexibility index (Phi) is 8.87. The maximum absolute atomic E-state index is 12.3. The van der Waals surface area contributed by atoms with Gasteiger partial charge in [-0.15, -0.1) is 0 Å². The van der Waals surface area contributed by atoms with Gasteiger partial charge >= 0.3 is 5.97 Å². The lowest BCUT2D eigenvalue weighted by Gasteiger charge is -2.58. The third-order valence-electron chi connectivity index (χ3n) is 9.64. The number of aliphatic hydroxyl groups excluding tert-OH is 1. The molecule has 1 radical (unpaired) electrons. The van der Waals surface area contributed by atoms with Gasteiger partial charge in [-0.25, -0.2) is 4.79 Å². The van der Waals surface area contributed by atoms with Crippen molar-refractivity contribution in [3.63, 3.8) is 0 Å². The lowest BCUT2D eigenvalue weighted by atomic mass is 9.47. The van der Waals surface area contributed by atoms with Crippen molar-refractivity contribution in [2.75, 3.05) is 13.2 Å². The van der Waals surface area contributed by atoms with Crippen LogP contribution in [0.5, 0.6) is 5.75 Å². The Bertz CT molecular complexity index is 1250. The number of allylic oxidation sites excluding steroid dienone is 1. The van der Waals surface area contributed by atoms with Crippen molar-refractivity contribution < 1.29 is 19.1 Å². The zero-order valence-electron chi connectivity index (χ0n) is 26.0. The molecule has 0 spiro atoms. The van der Waals surface area contributed by atoms with Gasteiger partial charge < -0.3 is 14.3 Å². The maximum atomic E-state index is 12.3. The van der Waals surface area contributed by atoms with E-state index in [-0.39, 0.29) is 23.4 Å². The predicted molar refractivity (Wildman–Crippen MR) is 169 cm³/mol. The highest BCUT2D eigenvalue weighted by molar-refractivity contribution is 6.49. The molecule has 1 N–H and O–H groups in total. The quantitative estimate of drug-likeness (QED) is 0.230. The number of rotatable bonds is 10. The number of carbonyl (C=O) groups excluding carboxylic acids is 1. The SMILES string of the molecule is CCOC(=O)c1cccc(/C(=C/CCc2ccc(C(C)(C)C)c(C34CC5CC(CC(C5)C3)C4)c2O[Si](C)C)CO)c1. The maximum Gasteiger partial charge on any atom is 0.338 e. The van der Waals surface area contributed by atoms with Crippen LogP contribution < -0.4 is 4.43 Å². The van der Waals surface area contributed by atoms with Gasteiger partial charge in [0, 0.05) is 11.0 Å². The van der Waals surface area contributed by atoms with Crippen LogP contribution in [0.15, 0.2) is 42.5 Å². The van der Waals surface area contributed by atoms with Crippen LogP contribution in [0.4, 0.5) is 0 Å². The molecule has 0 atom stereocenters. The molecule has 0 aliphatic heterocycles. The van der Waals surface area contributed by atoms with Crippen molar-refractivity contribution in [1.82, 2.24) is 0 Å². The van der Waals surface area contributed by atoms with Crippen LogP contribution in [-0.2, 0) is 22.0 Å². The van der Waals surface area contributed by atoms with Crippen molar-refractivity contribution >= 4 is 20.6 Å². The molecule has 2 aromatic carbocycles. The van der Waals surface area contributed by atoms with Crippen LogP contribution in [0.1, 0.15) is 105 Å². The van der Waals surface area contributed by atoms with Gasteiger partial charge in [0.15, 0.2) is 0 Å². The first-order valence-electron chi connectivity index (χ1n) is 15.7. The molecule has 4 nitrogen and oxygen atoms in total. The van der Waals surface area contributed by atoms with E-state index in [2.05, 4.69) is 52.1 Å². The molecule has 0 amide bonds. The van der Waals surface area contributed by atoms with Gasteiger partial charge in [0.2, 0.25) is 0 Å². The summed E-state index contributed by atoms with van der Waals surface area (Å²) in [6.45, 7) is 13.7. The summed E-state index contributed by atoms with van der Waals surface area (Å²) in [5.74, 6) is 3.47. The molecule has 4 aliphatic carbocycles. The van der Waals surface area contributed by atoms with Crippen molar-refractivity contribution in [2.45, 2.75) is 103 Å². The molecule has 5 heteroatoms. The molecule has 221 valence electrons. The number of hydrogen-bond acceptors (Lipinski definition) is 4. The van der Waals surface area contributed by atoms with E-state index in [4.69, 9.17) is 9.16 Å². The molecular formula is C36H49O4Si. The van der Waals surface area contributed by atoms with Crippen LogP contribution in [0.25, 0.3) is 5.57 Å². The largest absolute Gasteiger partial charge is 0.542 e. The van der Waals surface area contributed by atoms with E-state index in [9.17, 15) is 9.90 Å². The number of benzene rings is 2. The lowest BCUT2D eigenvalue weighted by Crippen LogP contribution is -2.49. The Balaban J connectivity index is 1.49. The second-order valence-electron chi connectivity index (χ2n) is 14.2. The summed E-state index contributed by atoms with van der Waals surface area (Å²) < 4.78 is 12.1. The molecule has 4 bridgehead atoms. The molecule has 0 heterocycles. The standard InChI is InChI=1S/C36H49O4Si/c1-7-39-34(38)29-12-9-11-28(19-29)30(23-37)13-8-10-27-14-15-31(35(2,3)4)32(33(27)40-41(5)6)36-20-24-16-25(21-36)18-26(17-24)22-36/h9,11-15,19,24-26,37H,7-8,10,16-18,20-23H2,1-6H3/b30-13+. The van der Waals surface area contributed by atoms with E-state index >= 15 is 0 Å². The fourth-order valence-corrected chi connectivity index (χ4v) is 9.09. The van der Waals surface area contributed by atoms with E-state index in [1.165, 1.54) is 55.4 Å². The van der Waals surface area contributed by atoms with Crippen molar-refractivity contribution in [2.24, 2.45) is 17.8 Å². The van der Waals surface area contributed by atoms with E-state index in [1.807, 2.05) is 25.1 Å². The average Bonchev–Trinajstić information content (AvgIpc) is 2.90. The van der Waals surface area contributed by atoms with E-state index in [0.717, 1.165) is 41.7 Å². The van der Waals surface area contributed by atoms with Crippen LogP contribution in [0.3, 0.4) is 0 Å². The Morgan fingerprint density at radius 2 is 1.66 bits per heavy atom. The number of ether oxygens (including phenoxy) is 1. The Morgan fingerprint density at radius 3 is 2.22 bits per heavy atom. The van der Waals surface area contributed by atoms with Gasteiger partial charge in [-0.2, -0.15) is 0 Å². The van der Waals surface area contributed by atoms with Gasteiger partial charge in [-0.05, 0) is 129 Å². The number of esters is 1. The van der Waals surface area contributed by atoms with Gasteiger partial charge in [0.25, 0.3) is 9.04 Å². The zero-order chi connectivity index (χ0) is 29.4. The van der Waals surface area contributed by atoms with Gasteiger partial charge in [-0.1, -0.05) is 51.1 Å². The normalized spacial score (nSPS) is 25.6. The van der Waals surface area contributed by atoms with Gasteiger partial charge in [0.1, 0.15) is 5.75 Å². The molecule has 4 fully saturated rings. The van der Waals surface area contributed by atoms with Crippen molar-refractivity contribution in [1.29, 1.82) is 0 Å². The van der Waals surface area contributed by atoms with E-state index in [1.54, 1.807) is 11.6 Å². The summed E-state index contributed by atoms with van der Waals surface area (Å²) in [5.41, 5.74) is 6.82. The average molecular weight is 574 g/mol. The summed E-state index contributed by atoms with van der Waals surface area (Å²) in [6.07, 6.45) is 12.0. The van der Waals surface area contributed by atoms with Crippen LogP contribution in [-0.4, -0.2) is 33.3 Å². The lowest BCUT2D eigenvalue weighted by molar-refractivity contribution is -0.00662. The van der Waals surface area contributed by atoms with E-state index < -0.39 is 9.04 Å². The first kappa shape index (κ1) is 30.1. The van der Waals surface area contributed by atoms with Gasteiger partial charge in [-0.3, -0.25) is 0 Å². The molecular weight excluding hydrogens is 524 g/mol. The van der Waals surface area contributed by atoms with Crippen LogP contribution >= 0.6 is 0 Å². The molecule has 4 aliphatic rings. The topological polar surface area (TPSA) is 55.8 Å². The molecule has 0 unspecified atom stereocenters. The van der Waals surface area contributed by atoms with Crippen molar-refractivity contribution in [3.8, 4) is 5.75 Å². The molecule has 41 heavy (non-hydrogen) atoms. The zero-order valence-corrected chi connectivity index (χ0v) is 27.0. The second-order valence-corrected chi connectivity index (χ2v) is 16.2.